The minimum Gasteiger partial charge on any atom is -0.493 e. The van der Waals surface area contributed by atoms with Crippen LogP contribution in [0.2, 0.25) is 0 Å². The minimum atomic E-state index is 0.453. The average molecular weight is 412 g/mol. The van der Waals surface area contributed by atoms with Crippen LogP contribution in [0.5, 0.6) is 17.2 Å². The van der Waals surface area contributed by atoms with Gasteiger partial charge in [-0.1, -0.05) is 12.1 Å². The molecule has 0 saturated carbocycles. The van der Waals surface area contributed by atoms with Crippen LogP contribution in [0.25, 0.3) is 11.0 Å². The van der Waals surface area contributed by atoms with Crippen LogP contribution in [0.4, 0.5) is 0 Å². The second kappa shape index (κ2) is 9.87. The number of aliphatic imine (C=N–C) groups is 1. The molecule has 1 aromatic heterocycles. The van der Waals surface area contributed by atoms with Crippen LogP contribution in [0.1, 0.15) is 18.3 Å². The number of methoxy groups -OCH3 is 3. The zero-order valence-electron chi connectivity index (χ0n) is 18.2. The van der Waals surface area contributed by atoms with Crippen molar-refractivity contribution < 1.29 is 14.2 Å². The molecule has 0 fully saturated rings. The third-order valence-corrected chi connectivity index (χ3v) is 4.78. The van der Waals surface area contributed by atoms with Gasteiger partial charge in [0.15, 0.2) is 17.5 Å². The smallest absolute Gasteiger partial charge is 0.203 e. The summed E-state index contributed by atoms with van der Waals surface area (Å²) in [6, 6.07) is 11.9. The third kappa shape index (κ3) is 4.59. The van der Waals surface area contributed by atoms with Crippen LogP contribution < -0.4 is 24.8 Å². The number of hydrogen-bond acceptors (Lipinski definition) is 5. The Morgan fingerprint density at radius 2 is 1.73 bits per heavy atom. The zero-order valence-corrected chi connectivity index (χ0v) is 18.2. The van der Waals surface area contributed by atoms with E-state index in [0.29, 0.717) is 36.3 Å². The molecule has 8 nitrogen and oxygen atoms in total. The Kier molecular flexibility index (Phi) is 7.00. The predicted molar refractivity (Wildman–Crippen MR) is 118 cm³/mol. The van der Waals surface area contributed by atoms with Gasteiger partial charge in [-0.2, -0.15) is 0 Å². The summed E-state index contributed by atoms with van der Waals surface area (Å²) in [5.74, 6) is 3.44. The van der Waals surface area contributed by atoms with Gasteiger partial charge in [-0.05, 0) is 36.8 Å². The summed E-state index contributed by atoms with van der Waals surface area (Å²) in [5, 5.41) is 6.63. The van der Waals surface area contributed by atoms with E-state index < -0.39 is 0 Å². The molecule has 3 aromatic rings. The van der Waals surface area contributed by atoms with Gasteiger partial charge >= 0.3 is 0 Å². The van der Waals surface area contributed by atoms with Crippen molar-refractivity contribution >= 4 is 17.0 Å². The quantitative estimate of drug-likeness (QED) is 0.438. The molecule has 0 aliphatic heterocycles. The van der Waals surface area contributed by atoms with Crippen molar-refractivity contribution in [3.63, 3.8) is 0 Å². The van der Waals surface area contributed by atoms with Crippen LogP contribution in [0, 0.1) is 0 Å². The summed E-state index contributed by atoms with van der Waals surface area (Å²) >= 11 is 0. The number of rotatable bonds is 8. The SMILES string of the molecule is CCNC(=NCc1cc(OC)c(OC)c(OC)c1)NCc1nc2ccccc2n1C. The van der Waals surface area contributed by atoms with E-state index in [4.69, 9.17) is 24.2 Å². The lowest BCUT2D eigenvalue weighted by Crippen LogP contribution is -2.37. The number of nitrogens with zero attached hydrogens (tertiary/aromatic N) is 3. The van der Waals surface area contributed by atoms with E-state index in [-0.39, 0.29) is 0 Å². The zero-order chi connectivity index (χ0) is 21.5. The average Bonchev–Trinajstić information content (AvgIpc) is 3.10. The highest BCUT2D eigenvalue weighted by Crippen LogP contribution is 2.38. The highest BCUT2D eigenvalue weighted by atomic mass is 16.5. The Hall–Kier alpha value is -3.42. The largest absolute Gasteiger partial charge is 0.493 e. The highest BCUT2D eigenvalue weighted by Gasteiger charge is 2.13. The molecule has 0 saturated heterocycles. The molecule has 160 valence electrons. The first kappa shape index (κ1) is 21.3. The van der Waals surface area contributed by atoms with Crippen LogP contribution in [-0.4, -0.2) is 43.4 Å². The molecule has 0 spiro atoms. The van der Waals surface area contributed by atoms with Crippen LogP contribution in [0.3, 0.4) is 0 Å². The minimum absolute atomic E-state index is 0.453. The molecule has 0 bridgehead atoms. The van der Waals surface area contributed by atoms with Crippen molar-refractivity contribution in [2.45, 2.75) is 20.0 Å². The van der Waals surface area contributed by atoms with Gasteiger partial charge in [0, 0.05) is 13.6 Å². The standard InChI is InChI=1S/C22H29N5O3/c1-6-23-22(25-14-20-26-16-9-7-8-10-17(16)27(20)2)24-13-15-11-18(28-3)21(30-5)19(12-15)29-4/h7-12H,6,13-14H2,1-5H3,(H2,23,24,25). The Bertz CT molecular complexity index is 1000. The Morgan fingerprint density at radius 3 is 2.33 bits per heavy atom. The van der Waals surface area contributed by atoms with Gasteiger partial charge in [-0.15, -0.1) is 0 Å². The number of imidazole rings is 1. The fourth-order valence-electron chi connectivity index (χ4n) is 3.26. The highest BCUT2D eigenvalue weighted by molar-refractivity contribution is 5.80. The second-order valence-electron chi connectivity index (χ2n) is 6.66. The number of nitrogens with one attached hydrogen (secondary N) is 2. The molecule has 0 unspecified atom stereocenters. The predicted octanol–water partition coefficient (Wildman–Crippen LogP) is 2.85. The maximum atomic E-state index is 5.43. The van der Waals surface area contributed by atoms with E-state index in [1.807, 2.05) is 44.3 Å². The van der Waals surface area contributed by atoms with Crippen molar-refractivity contribution in [3.8, 4) is 17.2 Å². The number of aryl methyl sites for hydroxylation is 1. The first-order valence-corrected chi connectivity index (χ1v) is 9.82. The van der Waals surface area contributed by atoms with Gasteiger partial charge in [0.1, 0.15) is 5.82 Å². The molecule has 8 heteroatoms. The molecule has 2 N–H and O–H groups in total. The molecule has 30 heavy (non-hydrogen) atoms. The normalized spacial score (nSPS) is 11.4. The van der Waals surface area contributed by atoms with Gasteiger partial charge in [0.05, 0.1) is 45.5 Å². The molecule has 1 heterocycles. The van der Waals surface area contributed by atoms with Crippen LogP contribution >= 0.6 is 0 Å². The first-order chi connectivity index (χ1) is 14.6. The summed E-state index contributed by atoms with van der Waals surface area (Å²) in [5.41, 5.74) is 3.04. The Morgan fingerprint density at radius 1 is 1.03 bits per heavy atom. The number of guanidine groups is 1. The number of hydrogen-bond donors (Lipinski definition) is 2. The maximum Gasteiger partial charge on any atom is 0.203 e. The number of aromatic nitrogens is 2. The third-order valence-electron chi connectivity index (χ3n) is 4.78. The fraction of sp³-hybridized carbons (Fsp3) is 0.364. The number of ether oxygens (including phenoxy) is 3. The summed E-state index contributed by atoms with van der Waals surface area (Å²) in [6.07, 6.45) is 0. The number of benzene rings is 2. The lowest BCUT2D eigenvalue weighted by Gasteiger charge is -2.14. The van der Waals surface area contributed by atoms with E-state index >= 15 is 0 Å². The van der Waals surface area contributed by atoms with Gasteiger partial charge < -0.3 is 29.4 Å². The molecular weight excluding hydrogens is 382 g/mol. The second-order valence-corrected chi connectivity index (χ2v) is 6.66. The molecule has 0 atom stereocenters. The summed E-state index contributed by atoms with van der Waals surface area (Å²) in [7, 11) is 6.82. The van der Waals surface area contributed by atoms with Crippen molar-refractivity contribution in [3.05, 3.63) is 47.8 Å². The first-order valence-electron chi connectivity index (χ1n) is 9.82. The van der Waals surface area contributed by atoms with E-state index in [2.05, 4.69) is 21.3 Å². The van der Waals surface area contributed by atoms with Crippen molar-refractivity contribution in [2.75, 3.05) is 27.9 Å². The summed E-state index contributed by atoms with van der Waals surface area (Å²) in [6.45, 7) is 3.80. The number of fused-ring (bicyclic) bond motifs is 1. The molecule has 2 aromatic carbocycles. The summed E-state index contributed by atoms with van der Waals surface area (Å²) < 4.78 is 18.3. The summed E-state index contributed by atoms with van der Waals surface area (Å²) in [4.78, 5) is 9.39. The molecule has 0 aliphatic rings. The Labute approximate surface area is 176 Å². The monoisotopic (exact) mass is 411 g/mol. The maximum absolute atomic E-state index is 5.43. The molecular formula is C22H29N5O3. The van der Waals surface area contributed by atoms with Gasteiger partial charge in [-0.25, -0.2) is 9.98 Å². The number of para-hydroxylation sites is 2. The molecule has 3 rings (SSSR count). The van der Waals surface area contributed by atoms with Crippen LogP contribution in [-0.2, 0) is 20.1 Å². The molecule has 0 amide bonds. The fourth-order valence-corrected chi connectivity index (χ4v) is 3.26. The van der Waals surface area contributed by atoms with Gasteiger partial charge in [0.25, 0.3) is 0 Å². The van der Waals surface area contributed by atoms with E-state index in [0.717, 1.165) is 29.0 Å². The lowest BCUT2D eigenvalue weighted by molar-refractivity contribution is 0.324. The van der Waals surface area contributed by atoms with Gasteiger partial charge in [0.2, 0.25) is 5.75 Å². The van der Waals surface area contributed by atoms with E-state index in [1.54, 1.807) is 21.3 Å². The molecule has 0 aliphatic carbocycles. The van der Waals surface area contributed by atoms with E-state index in [1.165, 1.54) is 0 Å². The Balaban J connectivity index is 1.76. The van der Waals surface area contributed by atoms with Crippen molar-refractivity contribution in [2.24, 2.45) is 12.0 Å². The van der Waals surface area contributed by atoms with Crippen molar-refractivity contribution in [1.29, 1.82) is 0 Å². The van der Waals surface area contributed by atoms with Crippen molar-refractivity contribution in [1.82, 2.24) is 20.2 Å². The van der Waals surface area contributed by atoms with Crippen LogP contribution in [0.15, 0.2) is 41.4 Å². The van der Waals surface area contributed by atoms with Gasteiger partial charge in [-0.3, -0.25) is 0 Å². The topological polar surface area (TPSA) is 81.9 Å². The molecule has 0 radical (unpaired) electrons. The van der Waals surface area contributed by atoms with E-state index in [9.17, 15) is 0 Å². The lowest BCUT2D eigenvalue weighted by atomic mass is 10.2.